The Morgan fingerprint density at radius 1 is 0.333 bits per heavy atom. The van der Waals surface area contributed by atoms with Crippen LogP contribution >= 0.6 is 44.7 Å². The molecular weight excluding hydrogens is 538 g/mol. The van der Waals surface area contributed by atoms with Crippen LogP contribution < -0.4 is 0 Å². The number of hydrogen-bond acceptors (Lipinski definition) is 0. The van der Waals surface area contributed by atoms with Crippen molar-refractivity contribution in [1.29, 1.82) is 0 Å². The second-order valence-corrected chi connectivity index (χ2v) is 15.6. The second kappa shape index (κ2) is 28.6. The largest absolute Gasteiger partial charge is 0.237 e. The fraction of sp³-hybridized carbons (Fsp3) is 1.00. The van der Waals surface area contributed by atoms with E-state index in [1.54, 1.807) is 0 Å². The summed E-state index contributed by atoms with van der Waals surface area (Å²) >= 11 is 14.3. The van der Waals surface area contributed by atoms with Gasteiger partial charge in [-0.05, 0) is 16.9 Å². The topological polar surface area (TPSA) is 0 Å². The lowest BCUT2D eigenvalue weighted by Crippen LogP contribution is -1.91. The first kappa shape index (κ1) is 31.5. The first-order chi connectivity index (χ1) is 14.8. The number of unbranched alkanes of at least 4 members (excludes halogenated alkanes) is 23. The third kappa shape index (κ3) is 29.5. The van der Waals surface area contributed by atoms with Crippen LogP contribution in [0.5, 0.6) is 0 Å². The van der Waals surface area contributed by atoms with Crippen LogP contribution in [0, 0.1) is 0 Å². The van der Waals surface area contributed by atoms with Crippen LogP contribution in [0.3, 0.4) is 0 Å². The third-order valence-electron chi connectivity index (χ3n) is 6.31. The number of hydrogen-bond donors (Lipinski definition) is 0. The van der Waals surface area contributed by atoms with Crippen molar-refractivity contribution in [2.75, 3.05) is 4.43 Å². The first-order valence-corrected chi connectivity index (χ1v) is 19.4. The highest BCUT2D eigenvalue weighted by Crippen LogP contribution is 2.16. The molecule has 0 aromatic heterocycles. The smallest absolute Gasteiger partial charge is 0.150 e. The van der Waals surface area contributed by atoms with Gasteiger partial charge in [-0.1, -0.05) is 170 Å². The van der Waals surface area contributed by atoms with Gasteiger partial charge in [0, 0.05) is 0 Å². The average Bonchev–Trinajstić information content (AvgIpc) is 2.73. The molecule has 0 aromatic rings. The molecule has 0 saturated carbocycles. The highest BCUT2D eigenvalue weighted by atomic mass is 127. The van der Waals surface area contributed by atoms with Gasteiger partial charge < -0.3 is 0 Å². The van der Waals surface area contributed by atoms with Crippen LogP contribution in [0.25, 0.3) is 0 Å². The molecule has 0 aliphatic heterocycles. The molecule has 0 rings (SSSR count). The van der Waals surface area contributed by atoms with Crippen molar-refractivity contribution in [3.8, 4) is 0 Å². The van der Waals surface area contributed by atoms with E-state index in [0.717, 1.165) is 6.04 Å². The molecule has 0 aromatic carbocycles. The number of rotatable bonds is 26. The van der Waals surface area contributed by atoms with E-state index < -0.39 is 7.42 Å². The Morgan fingerprint density at radius 3 is 0.733 bits per heavy atom. The summed E-state index contributed by atoms with van der Waals surface area (Å²) in [7, 11) is -1.33. The maximum Gasteiger partial charge on any atom is 0.237 e. The summed E-state index contributed by atoms with van der Waals surface area (Å²) in [6.45, 7) is 0. The van der Waals surface area contributed by atoms with Gasteiger partial charge in [-0.15, -0.1) is 0 Å². The molecule has 0 aliphatic rings. The highest BCUT2D eigenvalue weighted by molar-refractivity contribution is 14.1. The van der Waals surface area contributed by atoms with Gasteiger partial charge in [0.25, 0.3) is 0 Å². The molecule has 0 fully saturated rings. The van der Waals surface area contributed by atoms with Crippen molar-refractivity contribution in [3.05, 3.63) is 0 Å². The van der Waals surface area contributed by atoms with Gasteiger partial charge in [0.2, 0.25) is 7.42 Å². The third-order valence-corrected chi connectivity index (χ3v) is 9.22. The predicted molar refractivity (Wildman–Crippen MR) is 153 cm³/mol. The lowest BCUT2D eigenvalue weighted by Gasteiger charge is -2.04. The molecule has 0 N–H and O–H groups in total. The lowest BCUT2D eigenvalue weighted by molar-refractivity contribution is 0.518. The zero-order valence-corrected chi connectivity index (χ0v) is 24.9. The van der Waals surface area contributed by atoms with Crippen LogP contribution in [0.15, 0.2) is 0 Å². The SMILES string of the molecule is Cl[SiH](Cl)CCCCCCCCCCCCCCCCCCCCCCCCCCI. The molecule has 0 atom stereocenters. The maximum absolute atomic E-state index is 5.89. The van der Waals surface area contributed by atoms with Crippen molar-refractivity contribution in [2.24, 2.45) is 0 Å². The Hall–Kier alpha value is 1.53. The molecule has 0 saturated heterocycles. The summed E-state index contributed by atoms with van der Waals surface area (Å²) in [5.74, 6) is 0. The van der Waals surface area contributed by atoms with Crippen molar-refractivity contribution < 1.29 is 0 Å². The van der Waals surface area contributed by atoms with E-state index in [4.69, 9.17) is 22.2 Å². The molecule has 182 valence electrons. The zero-order chi connectivity index (χ0) is 22.0. The van der Waals surface area contributed by atoms with E-state index >= 15 is 0 Å². The Kier molecular flexibility index (Phi) is 30.0. The average molecular weight is 592 g/mol. The first-order valence-electron chi connectivity index (χ1n) is 13.6. The summed E-state index contributed by atoms with van der Waals surface area (Å²) in [4.78, 5) is 0. The number of halogens is 3. The Balaban J connectivity index is 2.99. The van der Waals surface area contributed by atoms with Gasteiger partial charge in [-0.25, -0.2) is 0 Å². The Bertz CT molecular complexity index is 303. The Labute approximate surface area is 215 Å². The molecule has 0 bridgehead atoms. The molecule has 0 unspecified atom stereocenters. The normalized spacial score (nSPS) is 11.6. The maximum atomic E-state index is 5.89. The second-order valence-electron chi connectivity index (χ2n) is 9.35. The molecular formula is C26H53Cl2ISi. The van der Waals surface area contributed by atoms with Crippen LogP contribution in [0.1, 0.15) is 154 Å². The van der Waals surface area contributed by atoms with E-state index in [9.17, 15) is 0 Å². The van der Waals surface area contributed by atoms with Crippen molar-refractivity contribution in [1.82, 2.24) is 0 Å². The van der Waals surface area contributed by atoms with Crippen molar-refractivity contribution in [2.45, 2.75) is 160 Å². The minimum absolute atomic E-state index is 1.10. The molecule has 0 radical (unpaired) electrons. The monoisotopic (exact) mass is 590 g/mol. The fourth-order valence-electron chi connectivity index (χ4n) is 4.28. The highest BCUT2D eigenvalue weighted by Gasteiger charge is 2.00. The molecule has 0 amide bonds. The van der Waals surface area contributed by atoms with Gasteiger partial charge >= 0.3 is 0 Å². The standard InChI is InChI=1S/C26H53Cl2ISi/c27-30(28)26-24-22-20-18-16-14-12-10-8-6-4-2-1-3-5-7-9-11-13-15-17-19-21-23-25-29/h30H,1-26H2. The molecule has 0 heterocycles. The molecule has 4 heteroatoms. The van der Waals surface area contributed by atoms with Crippen molar-refractivity contribution in [3.63, 3.8) is 0 Å². The molecule has 0 spiro atoms. The van der Waals surface area contributed by atoms with E-state index in [1.165, 1.54) is 159 Å². The van der Waals surface area contributed by atoms with E-state index in [-0.39, 0.29) is 0 Å². The van der Waals surface area contributed by atoms with E-state index in [1.807, 2.05) is 0 Å². The predicted octanol–water partition coefficient (Wildman–Crippen LogP) is 11.5. The summed E-state index contributed by atoms with van der Waals surface area (Å²) in [5.41, 5.74) is 0. The summed E-state index contributed by atoms with van der Waals surface area (Å²) in [6.07, 6.45) is 34.7. The van der Waals surface area contributed by atoms with Crippen LogP contribution in [-0.2, 0) is 0 Å². The van der Waals surface area contributed by atoms with E-state index in [2.05, 4.69) is 22.6 Å². The van der Waals surface area contributed by atoms with Crippen molar-refractivity contribution >= 4 is 52.2 Å². The van der Waals surface area contributed by atoms with E-state index in [0.29, 0.717) is 0 Å². The van der Waals surface area contributed by atoms with Gasteiger partial charge in [-0.3, -0.25) is 0 Å². The summed E-state index contributed by atoms with van der Waals surface area (Å²) in [6, 6.07) is 1.10. The summed E-state index contributed by atoms with van der Waals surface area (Å²) in [5, 5.41) is 0. The van der Waals surface area contributed by atoms with Gasteiger partial charge in [0.15, 0.2) is 0 Å². The minimum Gasteiger partial charge on any atom is -0.150 e. The quantitative estimate of drug-likeness (QED) is 0.0309. The van der Waals surface area contributed by atoms with Gasteiger partial charge in [0.1, 0.15) is 0 Å². The lowest BCUT2D eigenvalue weighted by atomic mass is 10.0. The van der Waals surface area contributed by atoms with Gasteiger partial charge in [-0.2, -0.15) is 22.2 Å². The minimum atomic E-state index is -1.33. The van der Waals surface area contributed by atoms with Crippen LogP contribution in [0.4, 0.5) is 0 Å². The molecule has 0 aliphatic carbocycles. The summed E-state index contributed by atoms with van der Waals surface area (Å²) < 4.78 is 1.34. The van der Waals surface area contributed by atoms with Gasteiger partial charge in [0.05, 0.1) is 0 Å². The van der Waals surface area contributed by atoms with Crippen LogP contribution in [0.2, 0.25) is 6.04 Å². The molecule has 0 nitrogen and oxygen atoms in total. The fourth-order valence-corrected chi connectivity index (χ4v) is 6.34. The number of alkyl halides is 1. The van der Waals surface area contributed by atoms with Crippen LogP contribution in [-0.4, -0.2) is 11.8 Å². The Morgan fingerprint density at radius 2 is 0.533 bits per heavy atom. The zero-order valence-electron chi connectivity index (χ0n) is 20.1. The molecule has 30 heavy (non-hydrogen) atoms.